The van der Waals surface area contributed by atoms with Crippen LogP contribution in [-0.2, 0) is 0 Å². The van der Waals surface area contributed by atoms with Gasteiger partial charge in [0.1, 0.15) is 17.3 Å². The van der Waals surface area contributed by atoms with E-state index in [1.54, 1.807) is 6.20 Å². The quantitative estimate of drug-likeness (QED) is 0.223. The molecule has 1 aliphatic rings. The smallest absolute Gasteiger partial charge is 0.169 e. The maximum atomic E-state index is 6.17. The Kier molecular flexibility index (Phi) is 5.19. The second kappa shape index (κ2) is 9.36. The Bertz CT molecular complexity index is 2450. The minimum atomic E-state index is -0.450. The number of rotatable bonds is 3. The zero-order valence-corrected chi connectivity index (χ0v) is 23.0. The molecule has 3 heterocycles. The Hall–Kier alpha value is -5.81. The molecule has 202 valence electrons. The van der Waals surface area contributed by atoms with Crippen LogP contribution in [-0.4, -0.2) is 16.7 Å². The Morgan fingerprint density at radius 2 is 1.23 bits per heavy atom. The first kappa shape index (κ1) is 23.9. The van der Waals surface area contributed by atoms with Crippen LogP contribution in [0.15, 0.2) is 148 Å². The SMILES string of the molecule is c1ccc2cc(C3=NC(c4ccc5ccc6ccccc6c5c4)N=C(c4cncc5oc6ccccc6c45)N3)ccc2c1. The number of nitrogens with one attached hydrogen (secondary N) is 1. The van der Waals surface area contributed by atoms with Gasteiger partial charge in [-0.3, -0.25) is 4.98 Å². The van der Waals surface area contributed by atoms with Crippen LogP contribution in [0.2, 0.25) is 0 Å². The van der Waals surface area contributed by atoms with Crippen molar-refractivity contribution in [3.8, 4) is 0 Å². The molecule has 0 amide bonds. The molecule has 5 nitrogen and oxygen atoms in total. The fraction of sp³-hybridized carbons (Fsp3) is 0.0263. The molecule has 8 aromatic rings. The lowest BCUT2D eigenvalue weighted by molar-refractivity contribution is 0.667. The minimum absolute atomic E-state index is 0.450. The molecular formula is C38H24N4O. The fourth-order valence-corrected chi connectivity index (χ4v) is 6.26. The maximum absolute atomic E-state index is 6.17. The molecule has 0 aliphatic carbocycles. The van der Waals surface area contributed by atoms with Crippen molar-refractivity contribution >= 4 is 65.9 Å². The number of hydrogen-bond acceptors (Lipinski definition) is 5. The van der Waals surface area contributed by atoms with E-state index in [0.29, 0.717) is 5.84 Å². The number of amidine groups is 2. The van der Waals surface area contributed by atoms with Crippen LogP contribution in [0.3, 0.4) is 0 Å². The summed E-state index contributed by atoms with van der Waals surface area (Å²) in [5.41, 5.74) is 4.46. The number of fused-ring (bicyclic) bond motifs is 7. The number of aliphatic imine (C=N–C) groups is 2. The van der Waals surface area contributed by atoms with E-state index in [2.05, 4.69) is 113 Å². The third-order valence-corrected chi connectivity index (χ3v) is 8.37. The van der Waals surface area contributed by atoms with Gasteiger partial charge in [-0.15, -0.1) is 0 Å². The van der Waals surface area contributed by atoms with E-state index < -0.39 is 6.17 Å². The predicted molar refractivity (Wildman–Crippen MR) is 176 cm³/mol. The van der Waals surface area contributed by atoms with Gasteiger partial charge >= 0.3 is 0 Å². The van der Waals surface area contributed by atoms with E-state index in [1.807, 2.05) is 24.4 Å². The lowest BCUT2D eigenvalue weighted by Crippen LogP contribution is -2.36. The molecule has 1 unspecified atom stereocenters. The second-order valence-electron chi connectivity index (χ2n) is 10.9. The Morgan fingerprint density at radius 1 is 0.535 bits per heavy atom. The number of aromatic nitrogens is 1. The van der Waals surface area contributed by atoms with Gasteiger partial charge in [0, 0.05) is 28.1 Å². The van der Waals surface area contributed by atoms with Crippen molar-refractivity contribution < 1.29 is 4.42 Å². The third kappa shape index (κ3) is 3.90. The zero-order valence-electron chi connectivity index (χ0n) is 23.0. The third-order valence-electron chi connectivity index (χ3n) is 8.37. The number of para-hydroxylation sites is 1. The summed E-state index contributed by atoms with van der Waals surface area (Å²) in [6.45, 7) is 0. The van der Waals surface area contributed by atoms with Gasteiger partial charge in [-0.1, -0.05) is 103 Å². The minimum Gasteiger partial charge on any atom is -0.454 e. The number of pyridine rings is 1. The molecule has 1 aliphatic heterocycles. The Labute approximate surface area is 246 Å². The first-order valence-electron chi connectivity index (χ1n) is 14.4. The lowest BCUT2D eigenvalue weighted by atomic mass is 9.99. The molecule has 2 aromatic heterocycles. The fourth-order valence-electron chi connectivity index (χ4n) is 6.26. The molecule has 6 aromatic carbocycles. The van der Waals surface area contributed by atoms with Gasteiger partial charge in [-0.05, 0) is 56.1 Å². The first-order valence-corrected chi connectivity index (χ1v) is 14.4. The monoisotopic (exact) mass is 552 g/mol. The highest BCUT2D eigenvalue weighted by atomic mass is 16.3. The normalized spacial score (nSPS) is 15.2. The molecule has 43 heavy (non-hydrogen) atoms. The van der Waals surface area contributed by atoms with Crippen LogP contribution in [0.1, 0.15) is 22.9 Å². The number of furan rings is 1. The van der Waals surface area contributed by atoms with Gasteiger partial charge in [0.25, 0.3) is 0 Å². The van der Waals surface area contributed by atoms with Gasteiger partial charge in [-0.2, -0.15) is 0 Å². The average Bonchev–Trinajstić information content (AvgIpc) is 3.46. The van der Waals surface area contributed by atoms with E-state index in [-0.39, 0.29) is 0 Å². The first-order chi connectivity index (χ1) is 21.3. The predicted octanol–water partition coefficient (Wildman–Crippen LogP) is 8.94. The molecule has 0 spiro atoms. The van der Waals surface area contributed by atoms with Gasteiger partial charge in [0.05, 0.1) is 6.20 Å². The molecule has 0 radical (unpaired) electrons. The number of nitrogens with zero attached hydrogens (tertiary/aromatic N) is 3. The zero-order chi connectivity index (χ0) is 28.3. The summed E-state index contributed by atoms with van der Waals surface area (Å²) in [6, 6.07) is 42.3. The summed E-state index contributed by atoms with van der Waals surface area (Å²) in [7, 11) is 0. The van der Waals surface area contributed by atoms with Gasteiger partial charge in [0.2, 0.25) is 0 Å². The molecule has 1 N–H and O–H groups in total. The van der Waals surface area contributed by atoms with Crippen LogP contribution in [0.25, 0.3) is 54.3 Å². The number of hydrogen-bond donors (Lipinski definition) is 1. The van der Waals surface area contributed by atoms with Crippen molar-refractivity contribution in [1.82, 2.24) is 10.3 Å². The summed E-state index contributed by atoms with van der Waals surface area (Å²) in [5.74, 6) is 1.48. The van der Waals surface area contributed by atoms with Crippen LogP contribution in [0, 0.1) is 0 Å². The highest BCUT2D eigenvalue weighted by Crippen LogP contribution is 2.34. The van der Waals surface area contributed by atoms with Gasteiger partial charge < -0.3 is 9.73 Å². The molecule has 1 atom stereocenters. The largest absolute Gasteiger partial charge is 0.454 e. The van der Waals surface area contributed by atoms with Crippen molar-refractivity contribution in [3.63, 3.8) is 0 Å². The molecule has 0 saturated heterocycles. The molecule has 0 bridgehead atoms. The van der Waals surface area contributed by atoms with Crippen LogP contribution >= 0.6 is 0 Å². The molecule has 9 rings (SSSR count). The summed E-state index contributed by atoms with van der Waals surface area (Å²) >= 11 is 0. The standard InChI is InChI=1S/C38H24N4O/c1-2-9-26-19-27(17-13-23(26)7-1)36-40-37(28-18-16-25-15-14-24-8-3-4-10-29(24)31(25)20-28)42-38(41-36)32-21-39-22-34-35(32)30-11-5-6-12-33(30)43-34/h1-22,37H,(H,40,41,42). The van der Waals surface area contributed by atoms with Crippen molar-refractivity contribution in [2.45, 2.75) is 6.17 Å². The Morgan fingerprint density at radius 3 is 2.14 bits per heavy atom. The maximum Gasteiger partial charge on any atom is 0.169 e. The second-order valence-corrected chi connectivity index (χ2v) is 10.9. The van der Waals surface area contributed by atoms with Crippen LogP contribution < -0.4 is 5.32 Å². The van der Waals surface area contributed by atoms with Crippen molar-refractivity contribution in [3.05, 3.63) is 150 Å². The number of benzene rings is 6. The molecular weight excluding hydrogens is 528 g/mol. The summed E-state index contributed by atoms with van der Waals surface area (Å²) in [5, 5.41) is 12.8. The van der Waals surface area contributed by atoms with Crippen molar-refractivity contribution in [2.24, 2.45) is 9.98 Å². The molecule has 0 saturated carbocycles. The Balaban J connectivity index is 1.26. The van der Waals surface area contributed by atoms with E-state index >= 15 is 0 Å². The van der Waals surface area contributed by atoms with Gasteiger partial charge in [0.15, 0.2) is 11.7 Å². The van der Waals surface area contributed by atoms with E-state index in [1.165, 1.54) is 26.9 Å². The summed E-state index contributed by atoms with van der Waals surface area (Å²) in [6.07, 6.45) is 3.19. The van der Waals surface area contributed by atoms with E-state index in [4.69, 9.17) is 14.4 Å². The van der Waals surface area contributed by atoms with E-state index in [9.17, 15) is 0 Å². The van der Waals surface area contributed by atoms with Gasteiger partial charge in [-0.25, -0.2) is 9.98 Å². The molecule has 5 heteroatoms. The van der Waals surface area contributed by atoms with Crippen molar-refractivity contribution in [2.75, 3.05) is 0 Å². The van der Waals surface area contributed by atoms with Crippen LogP contribution in [0.4, 0.5) is 0 Å². The average molecular weight is 553 g/mol. The summed E-state index contributed by atoms with van der Waals surface area (Å²) < 4.78 is 6.17. The summed E-state index contributed by atoms with van der Waals surface area (Å²) in [4.78, 5) is 15.0. The topological polar surface area (TPSA) is 62.8 Å². The van der Waals surface area contributed by atoms with Crippen molar-refractivity contribution in [1.29, 1.82) is 0 Å². The van der Waals surface area contributed by atoms with E-state index in [0.717, 1.165) is 49.9 Å². The lowest BCUT2D eigenvalue weighted by Gasteiger charge is -2.23. The highest BCUT2D eigenvalue weighted by Gasteiger charge is 2.24. The van der Waals surface area contributed by atoms with Crippen LogP contribution in [0.5, 0.6) is 0 Å². The molecule has 0 fully saturated rings. The highest BCUT2D eigenvalue weighted by molar-refractivity contribution is 6.23.